The molecule has 0 fully saturated rings. The number of carbonyl (C=O) groups excluding carboxylic acids is 1. The number of nitrogens with zero attached hydrogens (tertiary/aromatic N) is 2. The Bertz CT molecular complexity index is 890. The molecule has 3 aromatic rings. The van der Waals surface area contributed by atoms with Crippen molar-refractivity contribution >= 4 is 16.8 Å². The van der Waals surface area contributed by atoms with Gasteiger partial charge in [-0.15, -0.1) is 0 Å². The number of hydrogen-bond donors (Lipinski definition) is 2. The van der Waals surface area contributed by atoms with Gasteiger partial charge in [0, 0.05) is 41.9 Å². The molecular weight excluding hydrogens is 312 g/mol. The van der Waals surface area contributed by atoms with Gasteiger partial charge in [0.1, 0.15) is 0 Å². The summed E-state index contributed by atoms with van der Waals surface area (Å²) in [4.78, 5) is 15.8. The fourth-order valence-electron chi connectivity index (χ4n) is 3.53. The fourth-order valence-corrected chi connectivity index (χ4v) is 3.53. The number of aromatic amines is 1. The number of rotatable bonds is 6. The van der Waals surface area contributed by atoms with Crippen LogP contribution in [0.5, 0.6) is 0 Å². The maximum absolute atomic E-state index is 12.5. The third-order valence-corrected chi connectivity index (χ3v) is 4.99. The Balaban J connectivity index is 1.54. The van der Waals surface area contributed by atoms with Crippen LogP contribution in [0.2, 0.25) is 0 Å². The van der Waals surface area contributed by atoms with Crippen LogP contribution in [0, 0.1) is 13.8 Å². The quantitative estimate of drug-likeness (QED) is 0.677. The summed E-state index contributed by atoms with van der Waals surface area (Å²) in [6.45, 7) is 6.60. The molecule has 0 saturated heterocycles. The molecule has 0 bridgehead atoms. The lowest BCUT2D eigenvalue weighted by atomic mass is 9.98. The van der Waals surface area contributed by atoms with Crippen molar-refractivity contribution in [2.24, 2.45) is 7.05 Å². The van der Waals surface area contributed by atoms with Crippen molar-refractivity contribution in [2.45, 2.75) is 39.5 Å². The van der Waals surface area contributed by atoms with E-state index in [0.29, 0.717) is 6.54 Å². The summed E-state index contributed by atoms with van der Waals surface area (Å²) < 4.78 is 1.84. The van der Waals surface area contributed by atoms with E-state index in [-0.39, 0.29) is 11.8 Å². The van der Waals surface area contributed by atoms with Crippen molar-refractivity contribution in [3.8, 4) is 0 Å². The van der Waals surface area contributed by atoms with Crippen LogP contribution >= 0.6 is 0 Å². The largest absolute Gasteiger partial charge is 0.361 e. The second-order valence-electron chi connectivity index (χ2n) is 6.68. The minimum Gasteiger partial charge on any atom is -0.361 e. The monoisotopic (exact) mass is 338 g/mol. The molecule has 0 aliphatic rings. The molecule has 132 valence electrons. The standard InChI is InChI=1S/C20H26N4O/c1-13(19-14(2)23-24(4)15(19)3)20(25)21-11-7-8-16-12-22-18-10-6-5-9-17(16)18/h5-6,9-10,12-13,22H,7-8,11H2,1-4H3,(H,21,25)/t13-/m0/s1. The molecule has 2 N–H and O–H groups in total. The lowest BCUT2D eigenvalue weighted by Gasteiger charge is -2.13. The van der Waals surface area contributed by atoms with Crippen molar-refractivity contribution in [1.82, 2.24) is 20.1 Å². The van der Waals surface area contributed by atoms with E-state index in [9.17, 15) is 4.79 Å². The van der Waals surface area contributed by atoms with E-state index in [1.807, 2.05) is 38.6 Å². The van der Waals surface area contributed by atoms with Gasteiger partial charge < -0.3 is 10.3 Å². The summed E-state index contributed by atoms with van der Waals surface area (Å²) in [5.74, 6) is -0.111. The highest BCUT2D eigenvalue weighted by Crippen LogP contribution is 2.23. The molecule has 5 nitrogen and oxygen atoms in total. The Morgan fingerprint density at radius 2 is 2.08 bits per heavy atom. The fraction of sp³-hybridized carbons (Fsp3) is 0.400. The van der Waals surface area contributed by atoms with Crippen LogP contribution in [-0.2, 0) is 18.3 Å². The number of para-hydroxylation sites is 1. The topological polar surface area (TPSA) is 62.7 Å². The summed E-state index contributed by atoms with van der Waals surface area (Å²) >= 11 is 0. The number of benzene rings is 1. The third-order valence-electron chi connectivity index (χ3n) is 4.99. The molecule has 0 radical (unpaired) electrons. The molecule has 2 heterocycles. The van der Waals surface area contributed by atoms with Gasteiger partial charge in [-0.25, -0.2) is 0 Å². The van der Waals surface area contributed by atoms with Crippen molar-refractivity contribution in [3.63, 3.8) is 0 Å². The highest BCUT2D eigenvalue weighted by molar-refractivity contribution is 5.84. The summed E-state index contributed by atoms with van der Waals surface area (Å²) in [5, 5.41) is 8.74. The van der Waals surface area contributed by atoms with Gasteiger partial charge in [-0.1, -0.05) is 18.2 Å². The molecule has 3 rings (SSSR count). The Labute approximate surface area is 148 Å². The van der Waals surface area contributed by atoms with Crippen molar-refractivity contribution in [3.05, 3.63) is 53.0 Å². The van der Waals surface area contributed by atoms with Crippen LogP contribution in [0.3, 0.4) is 0 Å². The Kier molecular flexibility index (Phi) is 4.93. The van der Waals surface area contributed by atoms with E-state index in [0.717, 1.165) is 35.3 Å². The number of aryl methyl sites for hydroxylation is 3. The summed E-state index contributed by atoms with van der Waals surface area (Å²) in [6, 6.07) is 8.31. The van der Waals surface area contributed by atoms with Crippen LogP contribution in [0.1, 0.15) is 41.8 Å². The highest BCUT2D eigenvalue weighted by atomic mass is 16.1. The van der Waals surface area contributed by atoms with Gasteiger partial charge in [0.15, 0.2) is 0 Å². The smallest absolute Gasteiger partial charge is 0.227 e. The van der Waals surface area contributed by atoms with E-state index in [1.165, 1.54) is 10.9 Å². The number of carbonyl (C=O) groups is 1. The van der Waals surface area contributed by atoms with Crippen LogP contribution in [0.25, 0.3) is 10.9 Å². The SMILES string of the molecule is Cc1nn(C)c(C)c1[C@H](C)C(=O)NCCCc1c[nH]c2ccccc12. The van der Waals surface area contributed by atoms with Gasteiger partial charge in [-0.3, -0.25) is 9.48 Å². The van der Waals surface area contributed by atoms with E-state index in [1.54, 1.807) is 0 Å². The van der Waals surface area contributed by atoms with Crippen molar-refractivity contribution < 1.29 is 4.79 Å². The molecular formula is C20H26N4O. The maximum atomic E-state index is 12.5. The van der Waals surface area contributed by atoms with Crippen molar-refractivity contribution in [1.29, 1.82) is 0 Å². The number of aromatic nitrogens is 3. The maximum Gasteiger partial charge on any atom is 0.227 e. The molecule has 25 heavy (non-hydrogen) atoms. The average Bonchev–Trinajstić information content (AvgIpc) is 3.12. The van der Waals surface area contributed by atoms with Gasteiger partial charge >= 0.3 is 0 Å². The minimum absolute atomic E-state index is 0.0677. The Morgan fingerprint density at radius 3 is 2.80 bits per heavy atom. The number of amides is 1. The van der Waals surface area contributed by atoms with Crippen LogP contribution in [0.4, 0.5) is 0 Å². The van der Waals surface area contributed by atoms with Crippen LogP contribution < -0.4 is 5.32 Å². The first-order valence-corrected chi connectivity index (χ1v) is 8.82. The lowest BCUT2D eigenvalue weighted by molar-refractivity contribution is -0.122. The van der Waals surface area contributed by atoms with Gasteiger partial charge in [0.25, 0.3) is 0 Å². The first-order chi connectivity index (χ1) is 12.0. The third kappa shape index (κ3) is 3.45. The molecule has 1 aromatic carbocycles. The summed E-state index contributed by atoms with van der Waals surface area (Å²) in [6.07, 6.45) is 3.94. The normalized spacial score (nSPS) is 12.5. The molecule has 1 atom stereocenters. The highest BCUT2D eigenvalue weighted by Gasteiger charge is 2.22. The summed E-state index contributed by atoms with van der Waals surface area (Å²) in [5.41, 5.74) is 5.49. The molecule has 0 saturated carbocycles. The second kappa shape index (κ2) is 7.13. The molecule has 0 aliphatic carbocycles. The zero-order valence-electron chi connectivity index (χ0n) is 15.4. The van der Waals surface area contributed by atoms with Crippen molar-refractivity contribution in [2.75, 3.05) is 6.54 Å². The van der Waals surface area contributed by atoms with E-state index >= 15 is 0 Å². The first kappa shape index (κ1) is 17.3. The molecule has 0 aliphatic heterocycles. The zero-order valence-corrected chi connectivity index (χ0v) is 15.4. The number of fused-ring (bicyclic) bond motifs is 1. The Morgan fingerprint density at radius 1 is 1.32 bits per heavy atom. The number of hydrogen-bond acceptors (Lipinski definition) is 2. The molecule has 2 aromatic heterocycles. The van der Waals surface area contributed by atoms with E-state index < -0.39 is 0 Å². The number of H-pyrrole nitrogens is 1. The molecule has 1 amide bonds. The summed E-state index contributed by atoms with van der Waals surface area (Å²) in [7, 11) is 1.91. The van der Waals surface area contributed by atoms with Gasteiger partial charge in [0.05, 0.1) is 11.6 Å². The predicted octanol–water partition coefficient (Wildman–Crippen LogP) is 3.37. The molecule has 0 spiro atoms. The molecule has 0 unspecified atom stereocenters. The average molecular weight is 338 g/mol. The van der Waals surface area contributed by atoms with E-state index in [2.05, 4.69) is 39.8 Å². The van der Waals surface area contributed by atoms with E-state index in [4.69, 9.17) is 0 Å². The lowest BCUT2D eigenvalue weighted by Crippen LogP contribution is -2.29. The van der Waals surface area contributed by atoms with Crippen LogP contribution in [0.15, 0.2) is 30.5 Å². The van der Waals surface area contributed by atoms with Crippen LogP contribution in [-0.4, -0.2) is 27.2 Å². The van der Waals surface area contributed by atoms with Gasteiger partial charge in [-0.05, 0) is 45.2 Å². The van der Waals surface area contributed by atoms with Gasteiger partial charge in [0.2, 0.25) is 5.91 Å². The minimum atomic E-state index is -0.179. The zero-order chi connectivity index (χ0) is 18.0. The van der Waals surface area contributed by atoms with Gasteiger partial charge in [-0.2, -0.15) is 5.10 Å². The number of nitrogens with one attached hydrogen (secondary N) is 2. The first-order valence-electron chi connectivity index (χ1n) is 8.82. The predicted molar refractivity (Wildman–Crippen MR) is 101 cm³/mol. The molecule has 5 heteroatoms. The Hall–Kier alpha value is -2.56. The second-order valence-corrected chi connectivity index (χ2v) is 6.68.